The molecule has 1 aliphatic heterocycles. The van der Waals surface area contributed by atoms with Gasteiger partial charge in [-0.3, -0.25) is 14.6 Å². The summed E-state index contributed by atoms with van der Waals surface area (Å²) in [5.74, 6) is -0.391. The largest absolute Gasteiger partial charge is 0.452 e. The Kier molecular flexibility index (Phi) is 3.85. The average Bonchev–Trinajstić information content (AvgIpc) is 3.05. The normalized spacial score (nSPS) is 21.2. The molecule has 1 saturated heterocycles. The second-order valence-electron chi connectivity index (χ2n) is 5.13. The number of nitrogens with zero attached hydrogens (tertiary/aromatic N) is 2. The number of hydrogen-bond acceptors (Lipinski definition) is 4. The number of carbonyl (C=O) groups excluding carboxylic acids is 2. The van der Waals surface area contributed by atoms with Crippen molar-refractivity contribution >= 4 is 23.4 Å². The molecule has 0 bridgehead atoms. The van der Waals surface area contributed by atoms with Gasteiger partial charge in [-0.05, 0) is 29.3 Å². The zero-order chi connectivity index (χ0) is 15.7. The first kappa shape index (κ1) is 14.6. The molecule has 0 unspecified atom stereocenters. The van der Waals surface area contributed by atoms with Crippen molar-refractivity contribution in [1.29, 1.82) is 0 Å². The molecule has 1 fully saturated rings. The van der Waals surface area contributed by atoms with E-state index in [1.54, 1.807) is 30.4 Å². The molecule has 7 heteroatoms. The van der Waals surface area contributed by atoms with Crippen LogP contribution in [0.3, 0.4) is 0 Å². The number of likely N-dealkylation sites (tertiary alicyclic amines) is 1. The van der Waals surface area contributed by atoms with Crippen LogP contribution in [-0.2, 0) is 4.79 Å². The molecule has 114 valence electrons. The van der Waals surface area contributed by atoms with Crippen molar-refractivity contribution in [1.82, 2.24) is 15.2 Å². The lowest BCUT2D eigenvalue weighted by molar-refractivity contribution is -0.127. The van der Waals surface area contributed by atoms with E-state index in [2.05, 4.69) is 10.3 Å². The molecule has 6 nitrogen and oxygen atoms in total. The molecule has 0 saturated carbocycles. The molecular formula is C15H14ClN3O3. The number of halogens is 1. The summed E-state index contributed by atoms with van der Waals surface area (Å²) in [7, 11) is 1.72. The zero-order valence-electron chi connectivity index (χ0n) is 11.8. The van der Waals surface area contributed by atoms with Gasteiger partial charge >= 0.3 is 0 Å². The van der Waals surface area contributed by atoms with Crippen LogP contribution in [0.1, 0.15) is 28.4 Å². The summed E-state index contributed by atoms with van der Waals surface area (Å²) in [4.78, 5) is 30.0. The summed E-state index contributed by atoms with van der Waals surface area (Å²) >= 11 is 5.82. The number of pyridine rings is 1. The number of nitrogens with one attached hydrogen (secondary N) is 1. The molecule has 2 atom stereocenters. The van der Waals surface area contributed by atoms with Gasteiger partial charge in [-0.15, -0.1) is 0 Å². The van der Waals surface area contributed by atoms with Crippen molar-refractivity contribution in [2.45, 2.75) is 18.5 Å². The minimum absolute atomic E-state index is 0.0301. The van der Waals surface area contributed by atoms with Gasteiger partial charge in [-0.2, -0.15) is 0 Å². The lowest BCUT2D eigenvalue weighted by Gasteiger charge is -2.25. The topological polar surface area (TPSA) is 75.4 Å². The van der Waals surface area contributed by atoms with Gasteiger partial charge in [0, 0.05) is 25.9 Å². The molecule has 22 heavy (non-hydrogen) atoms. The number of likely N-dealkylation sites (N-methyl/N-ethyl adjacent to an activating group) is 1. The van der Waals surface area contributed by atoms with Crippen molar-refractivity contribution in [3.8, 4) is 0 Å². The van der Waals surface area contributed by atoms with Gasteiger partial charge in [-0.25, -0.2) is 0 Å². The van der Waals surface area contributed by atoms with E-state index in [1.165, 1.54) is 12.3 Å². The van der Waals surface area contributed by atoms with Gasteiger partial charge in [0.2, 0.25) is 11.1 Å². The molecule has 3 rings (SSSR count). The number of hydrogen-bond donors (Lipinski definition) is 1. The van der Waals surface area contributed by atoms with E-state index in [9.17, 15) is 9.59 Å². The van der Waals surface area contributed by atoms with Crippen LogP contribution < -0.4 is 5.32 Å². The van der Waals surface area contributed by atoms with E-state index in [1.807, 2.05) is 6.07 Å². The summed E-state index contributed by atoms with van der Waals surface area (Å²) in [6.45, 7) is 0. The number of furan rings is 1. The van der Waals surface area contributed by atoms with Gasteiger partial charge in [0.15, 0.2) is 0 Å². The lowest BCUT2D eigenvalue weighted by atomic mass is 10.0. The molecule has 2 aromatic heterocycles. The minimum atomic E-state index is -0.360. The van der Waals surface area contributed by atoms with Crippen LogP contribution in [0.4, 0.5) is 0 Å². The highest BCUT2D eigenvalue weighted by atomic mass is 35.5. The first-order valence-corrected chi connectivity index (χ1v) is 7.15. The Hall–Kier alpha value is -2.34. The third kappa shape index (κ3) is 2.57. The van der Waals surface area contributed by atoms with Gasteiger partial charge < -0.3 is 14.6 Å². The maximum absolute atomic E-state index is 12.3. The smallest absolute Gasteiger partial charge is 0.256 e. The third-order valence-corrected chi connectivity index (χ3v) is 4.08. The molecule has 2 amide bonds. The van der Waals surface area contributed by atoms with Gasteiger partial charge in [0.05, 0.1) is 23.9 Å². The molecular weight excluding hydrogens is 306 g/mol. The molecule has 2 aromatic rings. The monoisotopic (exact) mass is 319 g/mol. The molecule has 0 aromatic carbocycles. The predicted octanol–water partition coefficient (Wildman–Crippen LogP) is 2.03. The van der Waals surface area contributed by atoms with Crippen LogP contribution in [0.2, 0.25) is 5.22 Å². The fourth-order valence-electron chi connectivity index (χ4n) is 2.71. The highest BCUT2D eigenvalue weighted by Crippen LogP contribution is 2.31. The second-order valence-corrected chi connectivity index (χ2v) is 5.47. The summed E-state index contributed by atoms with van der Waals surface area (Å²) in [6.07, 6.45) is 4.95. The molecule has 0 aliphatic carbocycles. The standard InChI is InChI=1S/C15H14ClN3O3/c1-19-12(20)7-11(13(19)9-3-2-5-17-8-9)18-15(21)10-4-6-22-14(10)16/h2-6,8,11,13H,7H2,1H3,(H,18,21)/t11-,13+/m1/s1. The molecule has 1 N–H and O–H groups in total. The van der Waals surface area contributed by atoms with Crippen molar-refractivity contribution in [3.05, 3.63) is 53.2 Å². The van der Waals surface area contributed by atoms with Crippen molar-refractivity contribution in [2.24, 2.45) is 0 Å². The van der Waals surface area contributed by atoms with Crippen molar-refractivity contribution in [3.63, 3.8) is 0 Å². The Bertz CT molecular complexity index is 701. The van der Waals surface area contributed by atoms with Crippen LogP contribution in [0.15, 0.2) is 41.3 Å². The zero-order valence-corrected chi connectivity index (χ0v) is 12.6. The quantitative estimate of drug-likeness (QED) is 0.939. The Morgan fingerprint density at radius 3 is 2.95 bits per heavy atom. The summed E-state index contributed by atoms with van der Waals surface area (Å²) in [5.41, 5.74) is 1.13. The summed E-state index contributed by atoms with van der Waals surface area (Å²) in [5, 5.41) is 2.89. The first-order chi connectivity index (χ1) is 10.6. The maximum Gasteiger partial charge on any atom is 0.256 e. The number of carbonyl (C=O) groups is 2. The summed E-state index contributed by atoms with van der Waals surface area (Å²) < 4.78 is 4.92. The summed E-state index contributed by atoms with van der Waals surface area (Å²) in [6, 6.07) is 4.59. The van der Waals surface area contributed by atoms with Gasteiger partial charge in [0.25, 0.3) is 5.91 Å². The van der Waals surface area contributed by atoms with Crippen LogP contribution in [0.25, 0.3) is 0 Å². The average molecular weight is 320 g/mol. The van der Waals surface area contributed by atoms with E-state index >= 15 is 0 Å². The number of rotatable bonds is 3. The Labute approximate surface area is 132 Å². The number of amides is 2. The lowest BCUT2D eigenvalue weighted by Crippen LogP contribution is -2.39. The van der Waals surface area contributed by atoms with Crippen LogP contribution in [0, 0.1) is 0 Å². The van der Waals surface area contributed by atoms with E-state index < -0.39 is 0 Å². The molecule has 1 aliphatic rings. The Morgan fingerprint density at radius 2 is 2.32 bits per heavy atom. The fraction of sp³-hybridized carbons (Fsp3) is 0.267. The fourth-order valence-corrected chi connectivity index (χ4v) is 2.91. The Balaban J connectivity index is 1.84. The third-order valence-electron chi connectivity index (χ3n) is 3.79. The predicted molar refractivity (Wildman–Crippen MR) is 79.3 cm³/mol. The highest BCUT2D eigenvalue weighted by Gasteiger charge is 2.39. The SMILES string of the molecule is CN1C(=O)C[C@@H](NC(=O)c2ccoc2Cl)[C@@H]1c1cccnc1. The minimum Gasteiger partial charge on any atom is -0.452 e. The molecule has 0 radical (unpaired) electrons. The van der Waals surface area contributed by atoms with Gasteiger partial charge in [-0.1, -0.05) is 6.07 Å². The first-order valence-electron chi connectivity index (χ1n) is 6.77. The maximum atomic E-state index is 12.3. The van der Waals surface area contributed by atoms with E-state index in [-0.39, 0.29) is 41.1 Å². The highest BCUT2D eigenvalue weighted by molar-refractivity contribution is 6.32. The van der Waals surface area contributed by atoms with Crippen LogP contribution >= 0.6 is 11.6 Å². The van der Waals surface area contributed by atoms with Crippen molar-refractivity contribution < 1.29 is 14.0 Å². The van der Waals surface area contributed by atoms with Gasteiger partial charge in [0.1, 0.15) is 0 Å². The van der Waals surface area contributed by atoms with E-state index in [0.29, 0.717) is 0 Å². The van der Waals surface area contributed by atoms with E-state index in [0.717, 1.165) is 5.56 Å². The van der Waals surface area contributed by atoms with Crippen LogP contribution in [-0.4, -0.2) is 34.8 Å². The van der Waals surface area contributed by atoms with E-state index in [4.69, 9.17) is 16.0 Å². The Morgan fingerprint density at radius 1 is 1.50 bits per heavy atom. The van der Waals surface area contributed by atoms with Crippen molar-refractivity contribution in [2.75, 3.05) is 7.05 Å². The molecule has 0 spiro atoms. The number of aromatic nitrogens is 1. The van der Waals surface area contributed by atoms with Crippen LogP contribution in [0.5, 0.6) is 0 Å². The second kappa shape index (κ2) is 5.81. The molecule has 3 heterocycles.